The smallest absolute Gasteiger partial charge is 0.245 e. The van der Waals surface area contributed by atoms with Gasteiger partial charge in [0.05, 0.1) is 20.8 Å². The average Bonchev–Trinajstić information content (AvgIpc) is 3.41. The maximum atomic E-state index is 14.0. The lowest BCUT2D eigenvalue weighted by Crippen LogP contribution is -2.62. The summed E-state index contributed by atoms with van der Waals surface area (Å²) in [4.78, 5) is 30.5. The number of carbonyl (C=O) groups excluding carboxylic acids is 2. The molecule has 3 aliphatic rings. The van der Waals surface area contributed by atoms with E-state index in [1.54, 1.807) is 6.07 Å². The van der Waals surface area contributed by atoms with E-state index in [4.69, 9.17) is 25.9 Å². The molecule has 0 aliphatic carbocycles. The molecule has 0 saturated carbocycles. The van der Waals surface area contributed by atoms with Crippen molar-refractivity contribution in [3.05, 3.63) is 59.2 Å². The van der Waals surface area contributed by atoms with E-state index in [1.807, 2.05) is 0 Å². The molecule has 1 unspecified atom stereocenters. The summed E-state index contributed by atoms with van der Waals surface area (Å²) in [5, 5.41) is 0.115. The summed E-state index contributed by atoms with van der Waals surface area (Å²) in [6.45, 7) is -10.1. The van der Waals surface area contributed by atoms with Crippen LogP contribution in [-0.2, 0) is 16.0 Å². The fraction of sp³-hybridized carbons (Fsp3) is 0.273. The predicted molar refractivity (Wildman–Crippen MR) is 105 cm³/mol. The number of likely N-dealkylation sites (N-methyl/N-ethyl adjacent to an activating group) is 1. The molecule has 1 N–H and O–H groups in total. The highest BCUT2D eigenvalue weighted by molar-refractivity contribution is 5.97. The molecule has 0 bridgehead atoms. The number of nitrogens with zero attached hydrogens (tertiary/aromatic N) is 2. The molecule has 29 heavy (non-hydrogen) atoms. The number of fused-ring (bicyclic) bond motifs is 5. The second kappa shape index (κ2) is 5.76. The van der Waals surface area contributed by atoms with Crippen molar-refractivity contribution in [3.63, 3.8) is 0 Å². The Hall–Kier alpha value is -3.48. The normalized spacial score (nSPS) is 37.5. The Labute approximate surface area is 185 Å². The number of benzene rings is 2. The van der Waals surface area contributed by atoms with Crippen molar-refractivity contribution in [1.29, 1.82) is 0 Å². The van der Waals surface area contributed by atoms with Crippen LogP contribution >= 0.6 is 0 Å². The number of carbonyl (C=O) groups is 2. The van der Waals surface area contributed by atoms with Crippen LogP contribution < -0.4 is 9.47 Å². The molecule has 2 atom stereocenters. The molecule has 3 aromatic rings. The molecule has 6 rings (SSSR count). The third-order valence-electron chi connectivity index (χ3n) is 4.91. The van der Waals surface area contributed by atoms with E-state index in [9.17, 15) is 11.0 Å². The second-order valence-corrected chi connectivity index (χ2v) is 6.50. The largest absolute Gasteiger partial charge is 0.454 e. The van der Waals surface area contributed by atoms with Gasteiger partial charge in [-0.1, -0.05) is 24.2 Å². The quantitative estimate of drug-likeness (QED) is 0.677. The number of para-hydroxylation sites is 1. The van der Waals surface area contributed by atoms with Crippen LogP contribution in [0.1, 0.15) is 40.7 Å². The van der Waals surface area contributed by atoms with Crippen LogP contribution in [0, 0.1) is 0 Å². The molecule has 0 spiro atoms. The lowest BCUT2D eigenvalue weighted by atomic mass is 9.86. The number of rotatable bonds is 1. The summed E-state index contributed by atoms with van der Waals surface area (Å²) in [5.41, 5.74) is -1.07. The van der Waals surface area contributed by atoms with Crippen LogP contribution in [0.15, 0.2) is 42.4 Å². The first-order valence-corrected chi connectivity index (χ1v) is 8.51. The Balaban J connectivity index is 1.76. The van der Waals surface area contributed by atoms with Gasteiger partial charge in [0.25, 0.3) is 0 Å². The van der Waals surface area contributed by atoms with E-state index in [0.717, 1.165) is 0 Å². The fourth-order valence-electron chi connectivity index (χ4n) is 3.67. The standard InChI is InChI=1S/C22H19N3O4/c1-24-10-19(26)25-16(22(24)27)9-14-13-4-2-3-5-15(13)23-20(14)21(25)12-6-7-17-18(8-12)29-11-28-17/h2-8,16,21,23H,9-11H2,1H3/t16-,21?/m1/s1/i1D3,6D,7D,8D,9D2,10D2,11D2,16D. The SMILES string of the molecule is [2H]c1c([2H])c(C2c3[nH]c4ccccc4c3C([2H])([2H])[C@]3([2H])C(=O)N(C([2H])([2H])[2H])C([2H])([2H])C(=O)N23)c([2H])c2c1OC([2H])([2H])O2. The van der Waals surface area contributed by atoms with Gasteiger partial charge in [0.1, 0.15) is 8.76 Å². The van der Waals surface area contributed by atoms with Gasteiger partial charge in [0.2, 0.25) is 18.6 Å². The Morgan fingerprint density at radius 2 is 2.14 bits per heavy atom. The van der Waals surface area contributed by atoms with Gasteiger partial charge in [-0.2, -0.15) is 0 Å². The van der Waals surface area contributed by atoms with Gasteiger partial charge >= 0.3 is 0 Å². The number of aromatic amines is 1. The summed E-state index contributed by atoms with van der Waals surface area (Å²) >= 11 is 0. The van der Waals surface area contributed by atoms with Crippen molar-refractivity contribution in [1.82, 2.24) is 14.8 Å². The summed E-state index contributed by atoms with van der Waals surface area (Å²) < 4.78 is 119. The Bertz CT molecular complexity index is 1740. The van der Waals surface area contributed by atoms with Gasteiger partial charge in [-0.3, -0.25) is 9.59 Å². The molecule has 1 saturated heterocycles. The van der Waals surface area contributed by atoms with Crippen LogP contribution in [0.4, 0.5) is 0 Å². The van der Waals surface area contributed by atoms with Crippen LogP contribution in [0.2, 0.25) is 0 Å². The number of piperazine rings is 1. The van der Waals surface area contributed by atoms with Crippen molar-refractivity contribution < 1.29 is 36.9 Å². The van der Waals surface area contributed by atoms with Gasteiger partial charge in [-0.25, -0.2) is 0 Å². The van der Waals surface area contributed by atoms with E-state index >= 15 is 0 Å². The lowest BCUT2D eigenvalue weighted by molar-refractivity contribution is -0.157. The first-order chi connectivity index (χ1) is 19.2. The number of nitrogens with one attached hydrogen (secondary N) is 1. The molecule has 0 radical (unpaired) electrons. The molecule has 146 valence electrons. The molecule has 4 heterocycles. The zero-order valence-corrected chi connectivity index (χ0v) is 14.4. The first kappa shape index (κ1) is 8.10. The highest BCUT2D eigenvalue weighted by Gasteiger charge is 2.47. The van der Waals surface area contributed by atoms with E-state index in [0.29, 0.717) is 0 Å². The van der Waals surface area contributed by atoms with Crippen LogP contribution in [0.25, 0.3) is 10.9 Å². The van der Waals surface area contributed by atoms with E-state index < -0.39 is 90.6 Å². The van der Waals surface area contributed by atoms with Crippen molar-refractivity contribution in [2.75, 3.05) is 20.2 Å². The van der Waals surface area contributed by atoms with Crippen LogP contribution in [0.3, 0.4) is 0 Å². The maximum absolute atomic E-state index is 14.0. The molecule has 3 aliphatic heterocycles. The van der Waals surface area contributed by atoms with Crippen LogP contribution in [0.5, 0.6) is 11.5 Å². The third-order valence-corrected chi connectivity index (χ3v) is 4.91. The average molecular weight is 402 g/mol. The van der Waals surface area contributed by atoms with Gasteiger partial charge < -0.3 is 24.3 Å². The monoisotopic (exact) mass is 402 g/mol. The zero-order chi connectivity index (χ0) is 31.1. The molecule has 7 nitrogen and oxygen atoms in total. The Kier molecular flexibility index (Phi) is 1.61. The van der Waals surface area contributed by atoms with Crippen molar-refractivity contribution in [3.8, 4) is 11.5 Å². The number of aromatic nitrogens is 1. The number of amides is 2. The highest BCUT2D eigenvalue weighted by atomic mass is 16.7. The molecular weight excluding hydrogens is 370 g/mol. The topological polar surface area (TPSA) is 74.9 Å². The molecule has 1 fully saturated rings. The molecule has 7 heteroatoms. The van der Waals surface area contributed by atoms with Crippen LogP contribution in [-0.4, -0.2) is 52.8 Å². The number of H-pyrrole nitrogens is 1. The molecule has 2 amide bonds. The zero-order valence-electron chi connectivity index (χ0n) is 27.4. The maximum Gasteiger partial charge on any atom is 0.245 e. The lowest BCUT2D eigenvalue weighted by Gasteiger charge is -2.46. The second-order valence-electron chi connectivity index (χ2n) is 6.50. The summed E-state index contributed by atoms with van der Waals surface area (Å²) in [5.74, 6) is -5.01. The van der Waals surface area contributed by atoms with Crippen molar-refractivity contribution in [2.45, 2.75) is 18.4 Å². The minimum atomic E-state index is -3.65. The predicted octanol–water partition coefficient (Wildman–Crippen LogP) is 2.21. The third kappa shape index (κ3) is 2.24. The first-order valence-electron chi connectivity index (χ1n) is 15.0. The van der Waals surface area contributed by atoms with Crippen molar-refractivity contribution in [2.24, 2.45) is 0 Å². The summed E-state index contributed by atoms with van der Waals surface area (Å²) in [6, 6.07) is -1.96. The molecule has 1 aromatic heterocycles. The van der Waals surface area contributed by atoms with Gasteiger partial charge in [0.15, 0.2) is 11.5 Å². The highest BCUT2D eigenvalue weighted by Crippen LogP contribution is 2.44. The minimum absolute atomic E-state index is 0.115. The minimum Gasteiger partial charge on any atom is -0.454 e. The Morgan fingerprint density at radius 1 is 1.28 bits per heavy atom. The summed E-state index contributed by atoms with van der Waals surface area (Å²) in [7, 11) is 0. The van der Waals surface area contributed by atoms with Crippen molar-refractivity contribution >= 4 is 22.7 Å². The fourth-order valence-corrected chi connectivity index (χ4v) is 3.67. The van der Waals surface area contributed by atoms with E-state index in [2.05, 4.69) is 4.98 Å². The number of ether oxygens (including phenoxy) is 2. The van der Waals surface area contributed by atoms with Gasteiger partial charge in [-0.15, -0.1) is 0 Å². The van der Waals surface area contributed by atoms with Gasteiger partial charge in [-0.05, 0) is 29.3 Å². The van der Waals surface area contributed by atoms with Gasteiger partial charge in [0, 0.05) is 36.8 Å². The molecule has 2 aromatic carbocycles. The molecular formula is C22H19N3O4. The number of hydrogen-bond donors (Lipinski definition) is 1. The Morgan fingerprint density at radius 3 is 3.03 bits per heavy atom. The summed E-state index contributed by atoms with van der Waals surface area (Å²) in [6.07, 6.45) is -3.20. The number of hydrogen-bond acceptors (Lipinski definition) is 4. The van der Waals surface area contributed by atoms with E-state index in [-0.39, 0.29) is 27.1 Å². The van der Waals surface area contributed by atoms with E-state index in [1.165, 1.54) is 18.2 Å².